The molecule has 0 bridgehead atoms. The van der Waals surface area contributed by atoms with Crippen LogP contribution < -0.4 is 0 Å². The molecule has 0 heterocycles. The fraction of sp³-hybridized carbons (Fsp3) is 0.0833. The first-order valence-electron chi connectivity index (χ1n) is 9.67. The van der Waals surface area contributed by atoms with Gasteiger partial charge in [-0.2, -0.15) is 0 Å². The second-order valence-corrected chi connectivity index (χ2v) is 7.11. The van der Waals surface area contributed by atoms with Crippen molar-refractivity contribution in [3.63, 3.8) is 0 Å². The number of ketones is 2. The Bertz CT molecular complexity index is 1340. The van der Waals surface area contributed by atoms with Crippen LogP contribution in [0, 0.1) is 10.1 Å². The van der Waals surface area contributed by atoms with Crippen LogP contribution in [0.4, 0.5) is 5.69 Å². The minimum absolute atomic E-state index is 0.0364. The van der Waals surface area contributed by atoms with Gasteiger partial charge in [0.2, 0.25) is 5.78 Å². The van der Waals surface area contributed by atoms with Crippen LogP contribution in [0.5, 0.6) is 0 Å². The zero-order chi connectivity index (χ0) is 23.7. The number of nitro groups is 1. The first kappa shape index (κ1) is 21.6. The minimum Gasteiger partial charge on any atom is -0.465 e. The zero-order valence-corrected chi connectivity index (χ0v) is 17.2. The van der Waals surface area contributed by atoms with Gasteiger partial charge >= 0.3 is 11.9 Å². The third-order valence-corrected chi connectivity index (χ3v) is 5.21. The molecule has 3 aromatic rings. The number of hydrogen-bond acceptors (Lipinski definition) is 8. The summed E-state index contributed by atoms with van der Waals surface area (Å²) < 4.78 is 9.81. The summed E-state index contributed by atoms with van der Waals surface area (Å²) in [6, 6.07) is 14.4. The number of hydrogen-bond donors (Lipinski definition) is 0. The van der Waals surface area contributed by atoms with E-state index < -0.39 is 45.2 Å². The van der Waals surface area contributed by atoms with Crippen LogP contribution in [0.3, 0.4) is 0 Å². The molecule has 0 fully saturated rings. The van der Waals surface area contributed by atoms with E-state index in [-0.39, 0.29) is 23.3 Å². The van der Waals surface area contributed by atoms with E-state index in [0.717, 1.165) is 6.07 Å². The van der Waals surface area contributed by atoms with Crippen LogP contribution in [0.15, 0.2) is 60.7 Å². The molecule has 0 N–H and O–H groups in total. The molecule has 9 heteroatoms. The lowest BCUT2D eigenvalue weighted by atomic mass is 9.82. The second kappa shape index (κ2) is 8.46. The van der Waals surface area contributed by atoms with E-state index in [1.54, 1.807) is 24.3 Å². The predicted octanol–water partition coefficient (Wildman–Crippen LogP) is 3.51. The minimum atomic E-state index is -1.03. The molecular weight excluding hydrogens is 430 g/mol. The highest BCUT2D eigenvalue weighted by Crippen LogP contribution is 2.35. The van der Waals surface area contributed by atoms with Gasteiger partial charge in [0.25, 0.3) is 5.69 Å². The van der Waals surface area contributed by atoms with Gasteiger partial charge in [0.1, 0.15) is 17.7 Å². The number of esters is 2. The second-order valence-electron chi connectivity index (χ2n) is 7.11. The lowest BCUT2D eigenvalue weighted by Crippen LogP contribution is -2.23. The highest BCUT2D eigenvalue weighted by Gasteiger charge is 2.38. The number of ether oxygens (including phenoxy) is 2. The molecule has 1 aliphatic carbocycles. The van der Waals surface area contributed by atoms with E-state index >= 15 is 0 Å². The SMILES string of the molecule is COC(=O)c1ccc(COC(=O)c2ccc3c(c2[N+](=O)[O-])C(=O)c2ccccc2C3=O)cc1. The molecule has 0 radical (unpaired) electrons. The third kappa shape index (κ3) is 3.76. The summed E-state index contributed by atoms with van der Waals surface area (Å²) >= 11 is 0. The van der Waals surface area contributed by atoms with Crippen LogP contribution in [0.25, 0.3) is 0 Å². The number of fused-ring (bicyclic) bond motifs is 2. The van der Waals surface area contributed by atoms with Gasteiger partial charge in [0.05, 0.1) is 17.6 Å². The molecule has 164 valence electrons. The number of nitro benzene ring substituents is 1. The molecule has 0 saturated carbocycles. The maximum absolute atomic E-state index is 13.0. The van der Waals surface area contributed by atoms with Gasteiger partial charge in [-0.15, -0.1) is 0 Å². The zero-order valence-electron chi connectivity index (χ0n) is 17.2. The predicted molar refractivity (Wildman–Crippen MR) is 113 cm³/mol. The number of rotatable bonds is 5. The van der Waals surface area contributed by atoms with Crippen molar-refractivity contribution in [2.75, 3.05) is 7.11 Å². The summed E-state index contributed by atoms with van der Waals surface area (Å²) in [6.45, 7) is -0.232. The smallest absolute Gasteiger partial charge is 0.345 e. The van der Waals surface area contributed by atoms with Crippen LogP contribution in [-0.2, 0) is 16.1 Å². The van der Waals surface area contributed by atoms with Crippen LogP contribution >= 0.6 is 0 Å². The Morgan fingerprint density at radius 2 is 1.48 bits per heavy atom. The molecule has 0 amide bonds. The average molecular weight is 445 g/mol. The molecule has 0 unspecified atom stereocenters. The Morgan fingerprint density at radius 3 is 2.09 bits per heavy atom. The topological polar surface area (TPSA) is 130 Å². The Labute approximate surface area is 186 Å². The molecular formula is C24H15NO8. The standard InChI is InChI=1S/C24H15NO8/c1-32-23(28)14-8-6-13(7-9-14)12-33-24(29)18-11-10-17-19(20(18)25(30)31)22(27)16-5-3-2-4-15(16)21(17)26/h2-11H,12H2,1H3. The molecule has 9 nitrogen and oxygen atoms in total. The first-order chi connectivity index (χ1) is 15.8. The number of nitrogens with zero attached hydrogens (tertiary/aromatic N) is 1. The Balaban J connectivity index is 1.65. The van der Waals surface area contributed by atoms with Gasteiger partial charge in [0.15, 0.2) is 5.78 Å². The number of benzene rings is 3. The molecule has 33 heavy (non-hydrogen) atoms. The molecule has 1 aliphatic rings. The maximum atomic E-state index is 13.0. The first-order valence-corrected chi connectivity index (χ1v) is 9.67. The van der Waals surface area contributed by atoms with E-state index in [1.807, 2.05) is 0 Å². The summed E-state index contributed by atoms with van der Waals surface area (Å²) in [5.41, 5.74) is -0.764. The van der Waals surface area contributed by atoms with E-state index in [1.165, 1.54) is 37.4 Å². The van der Waals surface area contributed by atoms with Crippen molar-refractivity contribution in [2.45, 2.75) is 6.61 Å². The normalized spacial score (nSPS) is 11.9. The van der Waals surface area contributed by atoms with Crippen LogP contribution in [0.2, 0.25) is 0 Å². The number of carbonyl (C=O) groups excluding carboxylic acids is 4. The summed E-state index contributed by atoms with van der Waals surface area (Å²) in [4.78, 5) is 61.0. The lowest BCUT2D eigenvalue weighted by Gasteiger charge is -2.18. The van der Waals surface area contributed by atoms with Crippen molar-refractivity contribution in [2.24, 2.45) is 0 Å². The number of methoxy groups -OCH3 is 1. The van der Waals surface area contributed by atoms with Crippen molar-refractivity contribution in [1.29, 1.82) is 0 Å². The molecule has 0 aromatic heterocycles. The highest BCUT2D eigenvalue weighted by atomic mass is 16.6. The maximum Gasteiger partial charge on any atom is 0.345 e. The monoisotopic (exact) mass is 445 g/mol. The van der Waals surface area contributed by atoms with Crippen molar-refractivity contribution < 1.29 is 33.6 Å². The van der Waals surface area contributed by atoms with E-state index in [2.05, 4.69) is 4.74 Å². The summed E-state index contributed by atoms with van der Waals surface area (Å²) in [5, 5.41) is 11.9. The summed E-state index contributed by atoms with van der Waals surface area (Å²) in [6.07, 6.45) is 0. The lowest BCUT2D eigenvalue weighted by molar-refractivity contribution is -0.385. The van der Waals surface area contributed by atoms with Crippen molar-refractivity contribution in [3.05, 3.63) is 110 Å². The molecule has 3 aromatic carbocycles. The van der Waals surface area contributed by atoms with Crippen LogP contribution in [-0.4, -0.2) is 35.5 Å². The summed E-state index contributed by atoms with van der Waals surface area (Å²) in [7, 11) is 1.25. The van der Waals surface area contributed by atoms with E-state index in [4.69, 9.17) is 4.74 Å². The molecule has 4 rings (SSSR count). The Kier molecular flexibility index (Phi) is 5.53. The fourth-order valence-electron chi connectivity index (χ4n) is 3.60. The fourth-order valence-corrected chi connectivity index (χ4v) is 3.60. The van der Waals surface area contributed by atoms with Crippen molar-refractivity contribution >= 4 is 29.2 Å². The van der Waals surface area contributed by atoms with Gasteiger partial charge in [-0.3, -0.25) is 19.7 Å². The van der Waals surface area contributed by atoms with Gasteiger partial charge in [0, 0.05) is 16.7 Å². The van der Waals surface area contributed by atoms with Gasteiger partial charge in [-0.1, -0.05) is 36.4 Å². The van der Waals surface area contributed by atoms with Crippen molar-refractivity contribution in [3.8, 4) is 0 Å². The largest absolute Gasteiger partial charge is 0.465 e. The molecule has 0 spiro atoms. The van der Waals surface area contributed by atoms with Gasteiger partial charge in [-0.25, -0.2) is 9.59 Å². The van der Waals surface area contributed by atoms with Gasteiger partial charge < -0.3 is 9.47 Å². The molecule has 0 saturated heterocycles. The van der Waals surface area contributed by atoms with E-state index in [0.29, 0.717) is 11.1 Å². The highest BCUT2D eigenvalue weighted by molar-refractivity contribution is 6.30. The van der Waals surface area contributed by atoms with Crippen molar-refractivity contribution in [1.82, 2.24) is 0 Å². The van der Waals surface area contributed by atoms with Crippen LogP contribution in [0.1, 0.15) is 58.1 Å². The molecule has 0 atom stereocenters. The number of carbonyl (C=O) groups is 4. The third-order valence-electron chi connectivity index (χ3n) is 5.21. The Morgan fingerprint density at radius 1 is 0.848 bits per heavy atom. The summed E-state index contributed by atoms with van der Waals surface area (Å²) in [5.74, 6) is -2.79. The van der Waals surface area contributed by atoms with Gasteiger partial charge in [-0.05, 0) is 29.8 Å². The average Bonchev–Trinajstić information content (AvgIpc) is 2.84. The Hall–Kier alpha value is -4.66. The quantitative estimate of drug-likeness (QED) is 0.259. The molecule has 0 aliphatic heterocycles. The van der Waals surface area contributed by atoms with E-state index in [9.17, 15) is 29.3 Å².